The third kappa shape index (κ3) is 4.64. The van der Waals surface area contributed by atoms with Gasteiger partial charge in [-0.25, -0.2) is 4.79 Å². The van der Waals surface area contributed by atoms with Crippen molar-refractivity contribution in [2.24, 2.45) is 4.99 Å². The summed E-state index contributed by atoms with van der Waals surface area (Å²) in [5, 5.41) is 33.8. The van der Waals surface area contributed by atoms with E-state index in [1.807, 2.05) is 6.07 Å². The van der Waals surface area contributed by atoms with Gasteiger partial charge in [-0.3, -0.25) is 14.6 Å². The number of para-hydroxylation sites is 1. The summed E-state index contributed by atoms with van der Waals surface area (Å²) in [5.74, 6) is -4.47. The van der Waals surface area contributed by atoms with Gasteiger partial charge >= 0.3 is 17.9 Å². The Balaban J connectivity index is 0.000000187. The van der Waals surface area contributed by atoms with Gasteiger partial charge in [0.2, 0.25) is 0 Å². The van der Waals surface area contributed by atoms with Crippen LogP contribution in [0.5, 0.6) is 0 Å². The Morgan fingerprint density at radius 3 is 2.31 bits per heavy atom. The fourth-order valence-corrected chi connectivity index (χ4v) is 2.84. The van der Waals surface area contributed by atoms with E-state index in [4.69, 9.17) is 25.2 Å². The first-order valence-electron chi connectivity index (χ1n) is 7.86. The molecule has 0 saturated carbocycles. The van der Waals surface area contributed by atoms with E-state index in [9.17, 15) is 14.4 Å². The van der Waals surface area contributed by atoms with Crippen LogP contribution >= 0.6 is 0 Å². The fraction of sp³-hybridized carbons (Fsp3) is 0.412. The average molecular weight is 365 g/mol. The molecule has 2 aliphatic heterocycles. The molecular formula is C17H19NO8. The zero-order valence-corrected chi connectivity index (χ0v) is 13.8. The van der Waals surface area contributed by atoms with E-state index in [1.165, 1.54) is 11.3 Å². The summed E-state index contributed by atoms with van der Waals surface area (Å²) in [5.41, 5.74) is 1.01. The topological polar surface area (TPSA) is 154 Å². The predicted octanol–water partition coefficient (Wildman–Crippen LogP) is 1.03. The van der Waals surface area contributed by atoms with Gasteiger partial charge in [0.1, 0.15) is 0 Å². The van der Waals surface area contributed by atoms with Crippen molar-refractivity contribution in [2.45, 2.75) is 30.8 Å². The van der Waals surface area contributed by atoms with Crippen LogP contribution in [0.3, 0.4) is 0 Å². The van der Waals surface area contributed by atoms with E-state index in [0.717, 1.165) is 25.3 Å². The van der Waals surface area contributed by atoms with Crippen molar-refractivity contribution in [3.63, 3.8) is 0 Å². The monoisotopic (exact) mass is 365 g/mol. The normalized spacial score (nSPS) is 17.9. The Labute approximate surface area is 148 Å². The molecule has 140 valence electrons. The van der Waals surface area contributed by atoms with E-state index in [-0.39, 0.29) is 0 Å². The molecule has 0 radical (unpaired) electrons. The Morgan fingerprint density at radius 1 is 1.12 bits per heavy atom. The summed E-state index contributed by atoms with van der Waals surface area (Å²) in [6.45, 7) is 1.59. The molecule has 1 atom stereocenters. The van der Waals surface area contributed by atoms with Gasteiger partial charge in [0.25, 0.3) is 0 Å². The van der Waals surface area contributed by atoms with Crippen LogP contribution in [0.2, 0.25) is 0 Å². The minimum Gasteiger partial charge on any atom is -0.481 e. The lowest BCUT2D eigenvalue weighted by atomic mass is 9.92. The molecular weight excluding hydrogens is 346 g/mol. The summed E-state index contributed by atoms with van der Waals surface area (Å²) in [7, 11) is 0. The number of hydrogen-bond acceptors (Lipinski definition) is 6. The quantitative estimate of drug-likeness (QED) is 0.603. The van der Waals surface area contributed by atoms with E-state index >= 15 is 0 Å². The maximum atomic E-state index is 10.3. The number of aliphatic hydroxyl groups is 1. The molecule has 1 saturated heterocycles. The molecule has 2 aliphatic rings. The van der Waals surface area contributed by atoms with Crippen LogP contribution in [0.25, 0.3) is 0 Å². The lowest BCUT2D eigenvalue weighted by Crippen LogP contribution is -2.42. The van der Waals surface area contributed by atoms with Crippen LogP contribution < -0.4 is 0 Å². The summed E-state index contributed by atoms with van der Waals surface area (Å²) < 4.78 is 5.38. The molecule has 1 fully saturated rings. The predicted molar refractivity (Wildman–Crippen MR) is 88.8 cm³/mol. The van der Waals surface area contributed by atoms with Crippen molar-refractivity contribution in [3.8, 4) is 0 Å². The average Bonchev–Trinajstić information content (AvgIpc) is 2.92. The van der Waals surface area contributed by atoms with Crippen molar-refractivity contribution in [3.05, 3.63) is 29.8 Å². The highest BCUT2D eigenvalue weighted by Gasteiger charge is 2.40. The minimum atomic E-state index is -2.74. The van der Waals surface area contributed by atoms with Gasteiger partial charge in [-0.2, -0.15) is 0 Å². The number of aliphatic imine (C=N–C) groups is 1. The van der Waals surface area contributed by atoms with Crippen molar-refractivity contribution in [1.29, 1.82) is 0 Å². The highest BCUT2D eigenvalue weighted by atomic mass is 16.5. The Morgan fingerprint density at radius 2 is 1.73 bits per heavy atom. The smallest absolute Gasteiger partial charge is 0.336 e. The lowest BCUT2D eigenvalue weighted by Gasteiger charge is -2.19. The van der Waals surface area contributed by atoms with Crippen LogP contribution in [0, 0.1) is 0 Å². The van der Waals surface area contributed by atoms with Gasteiger partial charge < -0.3 is 25.2 Å². The Bertz CT molecular complexity index is 726. The lowest BCUT2D eigenvalue weighted by molar-refractivity contribution is -0.170. The number of carboxylic acids is 3. The molecule has 3 rings (SSSR count). The molecule has 1 aromatic carbocycles. The third-order valence-electron chi connectivity index (χ3n) is 4.06. The third-order valence-corrected chi connectivity index (χ3v) is 4.06. The molecule has 0 aromatic heterocycles. The largest absolute Gasteiger partial charge is 0.481 e. The second-order valence-corrected chi connectivity index (χ2v) is 6.03. The maximum Gasteiger partial charge on any atom is 0.336 e. The number of carboxylic acid groups (broad SMARTS) is 3. The van der Waals surface area contributed by atoms with E-state index in [1.54, 1.807) is 0 Å². The van der Waals surface area contributed by atoms with Crippen molar-refractivity contribution < 1.29 is 39.5 Å². The first-order chi connectivity index (χ1) is 12.2. The van der Waals surface area contributed by atoms with Crippen LogP contribution in [-0.2, 0) is 19.1 Å². The number of ether oxygens (including phenoxy) is 1. The Kier molecular flexibility index (Phi) is 6.06. The zero-order chi connectivity index (χ0) is 19.3. The summed E-state index contributed by atoms with van der Waals surface area (Å²) in [6.07, 6.45) is -1.20. The minimum absolute atomic E-state index is 0.546. The van der Waals surface area contributed by atoms with Crippen molar-refractivity contribution in [2.75, 3.05) is 13.2 Å². The highest BCUT2D eigenvalue weighted by molar-refractivity contribution is 5.99. The number of fused-ring (bicyclic) bond motifs is 3. The van der Waals surface area contributed by atoms with Crippen molar-refractivity contribution >= 4 is 29.3 Å². The van der Waals surface area contributed by atoms with Gasteiger partial charge in [-0.05, 0) is 18.1 Å². The molecule has 0 amide bonds. The molecule has 4 N–H and O–H groups in total. The molecule has 1 unspecified atom stereocenters. The van der Waals surface area contributed by atoms with Gasteiger partial charge in [0.05, 0.1) is 30.8 Å². The van der Waals surface area contributed by atoms with Gasteiger partial charge in [-0.1, -0.05) is 18.2 Å². The number of aliphatic carboxylic acids is 3. The maximum absolute atomic E-state index is 10.3. The molecule has 2 heterocycles. The zero-order valence-electron chi connectivity index (χ0n) is 13.8. The van der Waals surface area contributed by atoms with Crippen LogP contribution in [-0.4, -0.2) is 62.9 Å². The SMILES string of the molecule is O=C(O)CC(O)(CC(=O)O)C(=O)O.c1ccc2c(c1)N=C1COCCC12. The molecule has 26 heavy (non-hydrogen) atoms. The number of rotatable bonds is 5. The molecule has 0 bridgehead atoms. The van der Waals surface area contributed by atoms with Crippen LogP contribution in [0.15, 0.2) is 29.3 Å². The molecule has 0 spiro atoms. The number of carbonyl (C=O) groups is 3. The number of hydrogen-bond donors (Lipinski definition) is 4. The van der Waals surface area contributed by atoms with E-state index < -0.39 is 36.4 Å². The van der Waals surface area contributed by atoms with E-state index in [0.29, 0.717) is 5.92 Å². The van der Waals surface area contributed by atoms with Gasteiger partial charge in [0.15, 0.2) is 5.60 Å². The summed E-state index contributed by atoms with van der Waals surface area (Å²) in [4.78, 5) is 35.1. The van der Waals surface area contributed by atoms with Crippen LogP contribution in [0.4, 0.5) is 5.69 Å². The van der Waals surface area contributed by atoms with Gasteiger partial charge in [-0.15, -0.1) is 0 Å². The van der Waals surface area contributed by atoms with Crippen LogP contribution in [0.1, 0.15) is 30.7 Å². The second-order valence-electron chi connectivity index (χ2n) is 6.03. The molecule has 0 aliphatic carbocycles. The van der Waals surface area contributed by atoms with Gasteiger partial charge in [0, 0.05) is 12.5 Å². The molecule has 9 heteroatoms. The first-order valence-corrected chi connectivity index (χ1v) is 7.86. The number of benzene rings is 1. The van der Waals surface area contributed by atoms with Crippen molar-refractivity contribution in [1.82, 2.24) is 0 Å². The highest BCUT2D eigenvalue weighted by Crippen LogP contribution is 2.38. The number of nitrogens with zero attached hydrogens (tertiary/aromatic N) is 1. The summed E-state index contributed by atoms with van der Waals surface area (Å²) in [6, 6.07) is 8.40. The standard InChI is InChI=1S/C11H11NO.C6H8O7/c1-2-4-10-8(3-1)9-5-6-13-7-11(9)12-10;7-3(8)1-6(13,5(11)12)2-4(9)10/h1-4,9H,5-7H2;13H,1-2H2,(H,7,8)(H,9,10)(H,11,12). The fourth-order valence-electron chi connectivity index (χ4n) is 2.84. The second kappa shape index (κ2) is 8.07. The molecule has 1 aromatic rings. The summed E-state index contributed by atoms with van der Waals surface area (Å²) >= 11 is 0. The van der Waals surface area contributed by atoms with E-state index in [2.05, 4.69) is 23.2 Å². The Hall–Kier alpha value is -2.78. The molecule has 9 nitrogen and oxygen atoms in total. The first kappa shape index (κ1) is 19.5.